The summed E-state index contributed by atoms with van der Waals surface area (Å²) in [5.41, 5.74) is 0. The molecule has 96 valence electrons. The van der Waals surface area contributed by atoms with Crippen molar-refractivity contribution in [2.45, 2.75) is 51.6 Å². The van der Waals surface area contributed by atoms with Crippen LogP contribution in [0.15, 0.2) is 0 Å². The Bertz CT molecular complexity index is 298. The molecular formula is C13H21NO3. The summed E-state index contributed by atoms with van der Waals surface area (Å²) < 4.78 is 0. The van der Waals surface area contributed by atoms with E-state index < -0.39 is 0 Å². The molecular weight excluding hydrogens is 218 g/mol. The van der Waals surface area contributed by atoms with Crippen LogP contribution in [0.25, 0.3) is 0 Å². The second-order valence-electron chi connectivity index (χ2n) is 5.52. The summed E-state index contributed by atoms with van der Waals surface area (Å²) in [6, 6.07) is 0. The van der Waals surface area contributed by atoms with Gasteiger partial charge >= 0.3 is 0 Å². The summed E-state index contributed by atoms with van der Waals surface area (Å²) in [5, 5.41) is 9.87. The molecule has 1 aliphatic carbocycles. The maximum Gasteiger partial charge on any atom is 0.229 e. The molecule has 17 heavy (non-hydrogen) atoms. The summed E-state index contributed by atoms with van der Waals surface area (Å²) in [7, 11) is 0. The van der Waals surface area contributed by atoms with Gasteiger partial charge in [-0.25, -0.2) is 0 Å². The Labute approximate surface area is 102 Å². The Morgan fingerprint density at radius 2 is 1.76 bits per heavy atom. The Morgan fingerprint density at radius 3 is 2.35 bits per heavy atom. The Balaban J connectivity index is 1.97. The average molecular weight is 239 g/mol. The monoisotopic (exact) mass is 239 g/mol. The minimum absolute atomic E-state index is 0.0634. The third-order valence-electron chi connectivity index (χ3n) is 3.93. The van der Waals surface area contributed by atoms with Crippen LogP contribution in [0, 0.1) is 11.8 Å². The topological polar surface area (TPSA) is 57.6 Å². The Morgan fingerprint density at radius 1 is 1.18 bits per heavy atom. The van der Waals surface area contributed by atoms with Crippen molar-refractivity contribution in [1.29, 1.82) is 0 Å². The zero-order valence-corrected chi connectivity index (χ0v) is 10.4. The summed E-state index contributed by atoms with van der Waals surface area (Å²) in [6.45, 7) is 2.36. The lowest BCUT2D eigenvalue weighted by molar-refractivity contribution is -0.151. The minimum atomic E-state index is -0.344. The average Bonchev–Trinajstić information content (AvgIpc) is 2.25. The molecule has 1 N–H and O–H groups in total. The largest absolute Gasteiger partial charge is 0.393 e. The van der Waals surface area contributed by atoms with Crippen LogP contribution in [0.2, 0.25) is 0 Å². The van der Waals surface area contributed by atoms with Gasteiger partial charge in [-0.3, -0.25) is 14.5 Å². The van der Waals surface area contributed by atoms with Crippen LogP contribution in [0.1, 0.15) is 45.4 Å². The fourth-order valence-electron chi connectivity index (χ4n) is 2.87. The first-order valence-corrected chi connectivity index (χ1v) is 6.59. The van der Waals surface area contributed by atoms with Gasteiger partial charge in [0.2, 0.25) is 11.8 Å². The second-order valence-corrected chi connectivity index (χ2v) is 5.52. The second kappa shape index (κ2) is 5.17. The van der Waals surface area contributed by atoms with E-state index in [4.69, 9.17) is 0 Å². The number of carbonyl (C=O) groups is 2. The molecule has 4 heteroatoms. The third kappa shape index (κ3) is 2.86. The molecule has 2 aliphatic rings. The van der Waals surface area contributed by atoms with E-state index in [1.165, 1.54) is 4.90 Å². The predicted octanol–water partition coefficient (Wildman–Crippen LogP) is 1.32. The quantitative estimate of drug-likeness (QED) is 0.739. The summed E-state index contributed by atoms with van der Waals surface area (Å²) in [5.74, 6) is 0.130. The zero-order chi connectivity index (χ0) is 12.4. The lowest BCUT2D eigenvalue weighted by Gasteiger charge is -2.34. The number of nitrogens with zero attached hydrogens (tertiary/aromatic N) is 1. The maximum atomic E-state index is 11.8. The summed E-state index contributed by atoms with van der Waals surface area (Å²) in [4.78, 5) is 25.0. The number of hydrogen-bond acceptors (Lipinski definition) is 3. The van der Waals surface area contributed by atoms with Crippen molar-refractivity contribution in [3.05, 3.63) is 0 Å². The lowest BCUT2D eigenvalue weighted by Crippen LogP contribution is -2.47. The van der Waals surface area contributed by atoms with E-state index in [9.17, 15) is 14.7 Å². The van der Waals surface area contributed by atoms with Crippen molar-refractivity contribution in [3.8, 4) is 0 Å². The van der Waals surface area contributed by atoms with E-state index in [0.717, 1.165) is 25.7 Å². The number of amides is 2. The molecule has 2 amide bonds. The van der Waals surface area contributed by atoms with Gasteiger partial charge in [-0.15, -0.1) is 0 Å². The van der Waals surface area contributed by atoms with Gasteiger partial charge in [0.05, 0.1) is 6.10 Å². The number of aliphatic hydroxyl groups excluding tert-OH is 1. The number of likely N-dealkylation sites (tertiary alicyclic amines) is 1. The Hall–Kier alpha value is -0.900. The molecule has 1 saturated carbocycles. The molecule has 2 atom stereocenters. The van der Waals surface area contributed by atoms with Crippen molar-refractivity contribution in [2.75, 3.05) is 6.54 Å². The molecule has 1 saturated heterocycles. The van der Waals surface area contributed by atoms with Crippen LogP contribution in [0.4, 0.5) is 0 Å². The smallest absolute Gasteiger partial charge is 0.229 e. The number of piperidine rings is 1. The fraction of sp³-hybridized carbons (Fsp3) is 0.846. The first kappa shape index (κ1) is 12.6. The van der Waals surface area contributed by atoms with Gasteiger partial charge in [-0.1, -0.05) is 19.8 Å². The van der Waals surface area contributed by atoms with E-state index in [-0.39, 0.29) is 29.8 Å². The van der Waals surface area contributed by atoms with Crippen molar-refractivity contribution in [3.63, 3.8) is 0 Å². The van der Waals surface area contributed by atoms with Crippen molar-refractivity contribution in [2.24, 2.45) is 11.8 Å². The highest BCUT2D eigenvalue weighted by Gasteiger charge is 2.34. The molecule has 0 spiro atoms. The van der Waals surface area contributed by atoms with Crippen molar-refractivity contribution in [1.82, 2.24) is 4.90 Å². The normalized spacial score (nSPS) is 32.0. The number of hydrogen-bond donors (Lipinski definition) is 1. The number of imide groups is 1. The van der Waals surface area contributed by atoms with E-state index in [2.05, 4.69) is 0 Å². The summed E-state index contributed by atoms with van der Waals surface area (Å²) in [6.07, 6.45) is 4.46. The number of carbonyl (C=O) groups excluding carboxylic acids is 2. The highest BCUT2D eigenvalue weighted by molar-refractivity contribution is 5.97. The van der Waals surface area contributed by atoms with Crippen LogP contribution in [0.3, 0.4) is 0 Å². The standard InChI is InChI=1S/C13H21NO3/c1-9-6-12(16)14(13(17)7-9)8-10-4-2-3-5-11(10)15/h9-11,15H,2-8H2,1H3. The molecule has 1 aliphatic heterocycles. The minimum Gasteiger partial charge on any atom is -0.393 e. The molecule has 2 rings (SSSR count). The van der Waals surface area contributed by atoms with E-state index in [1.54, 1.807) is 0 Å². The molecule has 0 aromatic rings. The van der Waals surface area contributed by atoms with E-state index >= 15 is 0 Å². The molecule has 0 aromatic heterocycles. The fourth-order valence-corrected chi connectivity index (χ4v) is 2.87. The van der Waals surface area contributed by atoms with Crippen LogP contribution in [-0.4, -0.2) is 34.5 Å². The van der Waals surface area contributed by atoms with E-state index in [1.807, 2.05) is 6.92 Å². The molecule has 2 fully saturated rings. The van der Waals surface area contributed by atoms with Crippen LogP contribution in [0.5, 0.6) is 0 Å². The van der Waals surface area contributed by atoms with Gasteiger partial charge in [-0.05, 0) is 18.8 Å². The first-order chi connectivity index (χ1) is 8.08. The number of rotatable bonds is 2. The molecule has 4 nitrogen and oxygen atoms in total. The van der Waals surface area contributed by atoms with Gasteiger partial charge in [0.25, 0.3) is 0 Å². The predicted molar refractivity (Wildman–Crippen MR) is 63.1 cm³/mol. The molecule has 1 heterocycles. The zero-order valence-electron chi connectivity index (χ0n) is 10.4. The maximum absolute atomic E-state index is 11.8. The first-order valence-electron chi connectivity index (χ1n) is 6.59. The van der Waals surface area contributed by atoms with Crippen molar-refractivity contribution >= 4 is 11.8 Å². The number of aliphatic hydroxyl groups is 1. The van der Waals surface area contributed by atoms with Crippen molar-refractivity contribution < 1.29 is 14.7 Å². The van der Waals surface area contributed by atoms with Gasteiger partial charge in [0.1, 0.15) is 0 Å². The highest BCUT2D eigenvalue weighted by Crippen LogP contribution is 2.27. The van der Waals surface area contributed by atoms with Crippen LogP contribution in [-0.2, 0) is 9.59 Å². The van der Waals surface area contributed by atoms with Gasteiger partial charge < -0.3 is 5.11 Å². The molecule has 0 aromatic carbocycles. The van der Waals surface area contributed by atoms with Crippen LogP contribution < -0.4 is 0 Å². The highest BCUT2D eigenvalue weighted by atomic mass is 16.3. The SMILES string of the molecule is CC1CC(=O)N(CC2CCCCC2O)C(=O)C1. The molecule has 2 unspecified atom stereocenters. The van der Waals surface area contributed by atoms with Gasteiger partial charge in [0, 0.05) is 25.3 Å². The molecule has 0 radical (unpaired) electrons. The lowest BCUT2D eigenvalue weighted by atomic mass is 9.85. The Kier molecular flexibility index (Phi) is 3.82. The van der Waals surface area contributed by atoms with Crippen LogP contribution >= 0.6 is 0 Å². The van der Waals surface area contributed by atoms with Gasteiger partial charge in [-0.2, -0.15) is 0 Å². The molecule has 0 bridgehead atoms. The van der Waals surface area contributed by atoms with Gasteiger partial charge in [0.15, 0.2) is 0 Å². The summed E-state index contributed by atoms with van der Waals surface area (Å²) >= 11 is 0. The third-order valence-corrected chi connectivity index (χ3v) is 3.93. The van der Waals surface area contributed by atoms with E-state index in [0.29, 0.717) is 19.4 Å².